The van der Waals surface area contributed by atoms with Gasteiger partial charge in [-0.15, -0.1) is 0 Å². The number of halogens is 1. The van der Waals surface area contributed by atoms with E-state index in [4.69, 9.17) is 5.73 Å². The molecule has 6 heteroatoms. The van der Waals surface area contributed by atoms with Crippen LogP contribution in [0.2, 0.25) is 0 Å². The third kappa shape index (κ3) is 4.26. The molecule has 0 heterocycles. The minimum absolute atomic E-state index is 0.00767. The lowest BCUT2D eigenvalue weighted by Crippen LogP contribution is -2.33. The summed E-state index contributed by atoms with van der Waals surface area (Å²) in [6.45, 7) is 8.44. The van der Waals surface area contributed by atoms with Crippen molar-refractivity contribution in [2.45, 2.75) is 39.1 Å². The van der Waals surface area contributed by atoms with E-state index in [9.17, 15) is 12.8 Å². The average molecular weight is 302 g/mol. The van der Waals surface area contributed by atoms with E-state index in [1.54, 1.807) is 0 Å². The maximum absolute atomic E-state index is 13.3. The topological polar surface area (TPSA) is 72.2 Å². The van der Waals surface area contributed by atoms with Crippen LogP contribution in [0.1, 0.15) is 33.3 Å². The summed E-state index contributed by atoms with van der Waals surface area (Å²) in [6, 6.07) is 3.65. The largest absolute Gasteiger partial charge is 0.326 e. The van der Waals surface area contributed by atoms with Gasteiger partial charge < -0.3 is 5.73 Å². The van der Waals surface area contributed by atoms with E-state index in [2.05, 4.69) is 25.5 Å². The van der Waals surface area contributed by atoms with Crippen LogP contribution in [0.5, 0.6) is 0 Å². The first kappa shape index (κ1) is 17.1. The van der Waals surface area contributed by atoms with Gasteiger partial charge in [0.05, 0.1) is 4.90 Å². The second kappa shape index (κ2) is 6.20. The predicted molar refractivity (Wildman–Crippen MR) is 78.1 cm³/mol. The summed E-state index contributed by atoms with van der Waals surface area (Å²) in [5.41, 5.74) is 5.59. The highest BCUT2D eigenvalue weighted by molar-refractivity contribution is 7.89. The van der Waals surface area contributed by atoms with Gasteiger partial charge in [0.15, 0.2) is 0 Å². The molecule has 1 aromatic carbocycles. The maximum atomic E-state index is 13.3. The fourth-order valence-electron chi connectivity index (χ4n) is 1.50. The SMILES string of the molecule is CC(CNS(=O)(=O)c1ccc(F)c(CN)c1)C(C)(C)C. The van der Waals surface area contributed by atoms with Crippen molar-refractivity contribution in [1.29, 1.82) is 0 Å². The highest BCUT2D eigenvalue weighted by atomic mass is 32.2. The Morgan fingerprint density at radius 2 is 1.95 bits per heavy atom. The molecule has 1 rings (SSSR count). The molecule has 0 saturated carbocycles. The lowest BCUT2D eigenvalue weighted by Gasteiger charge is -2.27. The van der Waals surface area contributed by atoms with E-state index in [0.29, 0.717) is 6.54 Å². The number of sulfonamides is 1. The van der Waals surface area contributed by atoms with E-state index in [0.717, 1.165) is 6.07 Å². The van der Waals surface area contributed by atoms with Crippen LogP contribution in [-0.4, -0.2) is 15.0 Å². The molecule has 0 amide bonds. The van der Waals surface area contributed by atoms with Crippen molar-refractivity contribution in [3.05, 3.63) is 29.6 Å². The van der Waals surface area contributed by atoms with Gasteiger partial charge in [-0.25, -0.2) is 17.5 Å². The van der Waals surface area contributed by atoms with Gasteiger partial charge in [-0.3, -0.25) is 0 Å². The Hall–Kier alpha value is -0.980. The van der Waals surface area contributed by atoms with Crippen LogP contribution in [0.25, 0.3) is 0 Å². The monoisotopic (exact) mass is 302 g/mol. The molecular formula is C14H23FN2O2S. The molecular weight excluding hydrogens is 279 g/mol. The summed E-state index contributed by atoms with van der Waals surface area (Å²) < 4.78 is 40.2. The number of rotatable bonds is 5. The van der Waals surface area contributed by atoms with Crippen molar-refractivity contribution < 1.29 is 12.8 Å². The Kier molecular flexibility index (Phi) is 5.29. The standard InChI is InChI=1S/C14H23FN2O2S/c1-10(14(2,3)4)9-17-20(18,19)12-5-6-13(15)11(7-12)8-16/h5-7,10,17H,8-9,16H2,1-4H3. The van der Waals surface area contributed by atoms with Crippen LogP contribution in [0.3, 0.4) is 0 Å². The highest BCUT2D eigenvalue weighted by Crippen LogP contribution is 2.25. The molecule has 1 unspecified atom stereocenters. The second-order valence-corrected chi connectivity index (χ2v) is 7.84. The summed E-state index contributed by atoms with van der Waals surface area (Å²) in [7, 11) is -3.64. The van der Waals surface area contributed by atoms with Gasteiger partial charge in [0.1, 0.15) is 5.82 Å². The van der Waals surface area contributed by atoms with Crippen LogP contribution in [0.15, 0.2) is 23.1 Å². The van der Waals surface area contributed by atoms with E-state index in [1.165, 1.54) is 12.1 Å². The highest BCUT2D eigenvalue weighted by Gasteiger charge is 2.23. The number of benzene rings is 1. The molecule has 20 heavy (non-hydrogen) atoms. The van der Waals surface area contributed by atoms with Crippen LogP contribution in [0.4, 0.5) is 4.39 Å². The molecule has 0 radical (unpaired) electrons. The quantitative estimate of drug-likeness (QED) is 0.876. The Morgan fingerprint density at radius 3 is 2.45 bits per heavy atom. The first-order valence-electron chi connectivity index (χ1n) is 6.56. The van der Waals surface area contributed by atoms with E-state index < -0.39 is 15.8 Å². The lowest BCUT2D eigenvalue weighted by molar-refractivity contribution is 0.263. The normalized spacial score (nSPS) is 14.3. The van der Waals surface area contributed by atoms with Gasteiger partial charge >= 0.3 is 0 Å². The summed E-state index contributed by atoms with van der Waals surface area (Å²) >= 11 is 0. The molecule has 0 bridgehead atoms. The smallest absolute Gasteiger partial charge is 0.240 e. The zero-order chi connectivity index (χ0) is 15.6. The van der Waals surface area contributed by atoms with Crippen molar-refractivity contribution in [3.63, 3.8) is 0 Å². The van der Waals surface area contributed by atoms with E-state index in [-0.39, 0.29) is 28.3 Å². The molecule has 0 aliphatic heterocycles. The fourth-order valence-corrected chi connectivity index (χ4v) is 2.68. The molecule has 4 nitrogen and oxygen atoms in total. The molecule has 0 fully saturated rings. The van der Waals surface area contributed by atoms with Crippen molar-refractivity contribution in [2.24, 2.45) is 17.1 Å². The molecule has 114 valence electrons. The molecule has 1 aromatic rings. The number of hydrogen-bond donors (Lipinski definition) is 2. The van der Waals surface area contributed by atoms with Gasteiger partial charge in [-0.05, 0) is 29.5 Å². The first-order valence-corrected chi connectivity index (χ1v) is 8.04. The molecule has 3 N–H and O–H groups in total. The predicted octanol–water partition coefficient (Wildman–Crippen LogP) is 2.24. The van der Waals surface area contributed by atoms with Crippen molar-refractivity contribution in [1.82, 2.24) is 4.72 Å². The minimum atomic E-state index is -3.64. The van der Waals surface area contributed by atoms with Crippen LogP contribution in [-0.2, 0) is 16.6 Å². The Labute approximate surface area is 120 Å². The third-order valence-corrected chi connectivity index (χ3v) is 5.03. The lowest BCUT2D eigenvalue weighted by atomic mass is 9.82. The Morgan fingerprint density at radius 1 is 1.35 bits per heavy atom. The molecule has 0 spiro atoms. The van der Waals surface area contributed by atoms with Gasteiger partial charge in [-0.2, -0.15) is 0 Å². The molecule has 0 aliphatic carbocycles. The van der Waals surface area contributed by atoms with E-state index in [1.807, 2.05) is 6.92 Å². The van der Waals surface area contributed by atoms with Crippen molar-refractivity contribution in [3.8, 4) is 0 Å². The maximum Gasteiger partial charge on any atom is 0.240 e. The molecule has 1 atom stereocenters. The Bertz CT molecular complexity index is 565. The van der Waals surface area contributed by atoms with Crippen LogP contribution in [0, 0.1) is 17.2 Å². The molecule has 0 aliphatic rings. The molecule has 0 saturated heterocycles. The number of nitrogens with one attached hydrogen (secondary N) is 1. The average Bonchev–Trinajstić information content (AvgIpc) is 2.35. The van der Waals surface area contributed by atoms with Gasteiger partial charge in [-0.1, -0.05) is 27.7 Å². The van der Waals surface area contributed by atoms with Crippen molar-refractivity contribution >= 4 is 10.0 Å². The first-order chi connectivity index (χ1) is 9.08. The number of nitrogens with two attached hydrogens (primary N) is 1. The summed E-state index contributed by atoms with van der Waals surface area (Å²) in [5.74, 6) is -0.318. The third-order valence-electron chi connectivity index (χ3n) is 3.61. The zero-order valence-electron chi connectivity index (χ0n) is 12.4. The van der Waals surface area contributed by atoms with Crippen LogP contribution < -0.4 is 10.5 Å². The van der Waals surface area contributed by atoms with E-state index >= 15 is 0 Å². The zero-order valence-corrected chi connectivity index (χ0v) is 13.2. The van der Waals surface area contributed by atoms with Crippen molar-refractivity contribution in [2.75, 3.05) is 6.54 Å². The summed E-state index contributed by atoms with van der Waals surface area (Å²) in [5, 5.41) is 0. The van der Waals surface area contributed by atoms with Gasteiger partial charge in [0, 0.05) is 18.7 Å². The van der Waals surface area contributed by atoms with Crippen LogP contribution >= 0.6 is 0 Å². The molecule has 0 aromatic heterocycles. The fraction of sp³-hybridized carbons (Fsp3) is 0.571. The Balaban J connectivity index is 2.90. The summed E-state index contributed by atoms with van der Waals surface area (Å²) in [6.07, 6.45) is 0. The van der Waals surface area contributed by atoms with Gasteiger partial charge in [0.2, 0.25) is 10.0 Å². The number of hydrogen-bond acceptors (Lipinski definition) is 3. The minimum Gasteiger partial charge on any atom is -0.326 e. The van der Waals surface area contributed by atoms with Gasteiger partial charge in [0.25, 0.3) is 0 Å². The summed E-state index contributed by atoms with van der Waals surface area (Å²) in [4.78, 5) is 0.0421. The second-order valence-electron chi connectivity index (χ2n) is 6.08.